The van der Waals surface area contributed by atoms with E-state index in [-0.39, 0.29) is 5.56 Å². The van der Waals surface area contributed by atoms with E-state index in [0.29, 0.717) is 0 Å². The van der Waals surface area contributed by atoms with Gasteiger partial charge in [0.15, 0.2) is 0 Å². The minimum Gasteiger partial charge on any atom is -0.267 e. The van der Waals surface area contributed by atoms with Gasteiger partial charge in [0.25, 0.3) is 0 Å². The Kier molecular flexibility index (Phi) is 1.49. The normalized spacial score (nSPS) is 26.1. The summed E-state index contributed by atoms with van der Waals surface area (Å²) < 4.78 is 37.4. The Balaban J connectivity index is 2.38. The first kappa shape index (κ1) is 8.29. The minimum absolute atomic E-state index is 0.183. The van der Waals surface area contributed by atoms with Crippen LogP contribution in [-0.4, -0.2) is 12.4 Å². The summed E-state index contributed by atoms with van der Waals surface area (Å²) in [5.41, 5.74) is -1.84. The van der Waals surface area contributed by atoms with Crippen LogP contribution in [0, 0.1) is 0 Å². The summed E-state index contributed by atoms with van der Waals surface area (Å²) >= 11 is 0. The molecule has 0 amide bonds. The fourth-order valence-electron chi connectivity index (χ4n) is 1.22. The van der Waals surface area contributed by atoms with Gasteiger partial charge in [0, 0.05) is 6.21 Å². The molecule has 0 N–H and O–H groups in total. The van der Waals surface area contributed by atoms with Gasteiger partial charge in [-0.2, -0.15) is 13.2 Å². The Bertz CT molecular complexity index is 334. The van der Waals surface area contributed by atoms with Crippen LogP contribution in [0.4, 0.5) is 13.2 Å². The van der Waals surface area contributed by atoms with Gasteiger partial charge in [0.2, 0.25) is 5.54 Å². The Labute approximate surface area is 72.9 Å². The second kappa shape index (κ2) is 2.34. The van der Waals surface area contributed by atoms with Crippen molar-refractivity contribution in [3.05, 3.63) is 35.9 Å². The molecule has 0 saturated carbocycles. The lowest BCUT2D eigenvalue weighted by Crippen LogP contribution is -2.31. The quantitative estimate of drug-likeness (QED) is 0.637. The van der Waals surface area contributed by atoms with Gasteiger partial charge in [-0.05, 0) is 5.56 Å². The van der Waals surface area contributed by atoms with Crippen LogP contribution in [-0.2, 0) is 5.54 Å². The molecule has 68 valence electrons. The molecule has 4 heteroatoms. The Morgan fingerprint density at radius 3 is 2.00 bits per heavy atom. The minimum atomic E-state index is -4.31. The summed E-state index contributed by atoms with van der Waals surface area (Å²) in [5, 5.41) is 0. The molecule has 1 heterocycles. The molecule has 1 aromatic carbocycles. The number of rotatable bonds is 1. The van der Waals surface area contributed by atoms with E-state index in [9.17, 15) is 13.2 Å². The van der Waals surface area contributed by atoms with E-state index in [2.05, 4.69) is 4.99 Å². The lowest BCUT2D eigenvalue weighted by Gasteiger charge is -2.17. The summed E-state index contributed by atoms with van der Waals surface area (Å²) in [6.07, 6.45) is -3.38. The third-order valence-electron chi connectivity index (χ3n) is 2.03. The zero-order valence-corrected chi connectivity index (χ0v) is 6.55. The first-order valence-electron chi connectivity index (χ1n) is 3.75. The third-order valence-corrected chi connectivity index (χ3v) is 2.03. The van der Waals surface area contributed by atoms with Gasteiger partial charge in [0.1, 0.15) is 0 Å². The highest BCUT2D eigenvalue weighted by atomic mass is 19.4. The van der Waals surface area contributed by atoms with Crippen LogP contribution in [0.25, 0.3) is 0 Å². The second-order valence-electron chi connectivity index (χ2n) is 2.89. The van der Waals surface area contributed by atoms with Gasteiger partial charge < -0.3 is 0 Å². The molecular formula is C9H6F3N. The lowest BCUT2D eigenvalue weighted by atomic mass is 9.97. The Morgan fingerprint density at radius 2 is 1.62 bits per heavy atom. The maximum atomic E-state index is 12.5. The van der Waals surface area contributed by atoms with Crippen LogP contribution in [0.2, 0.25) is 0 Å². The van der Waals surface area contributed by atoms with Crippen molar-refractivity contribution in [1.29, 1.82) is 0 Å². The van der Waals surface area contributed by atoms with Gasteiger partial charge in [-0.15, -0.1) is 0 Å². The fourth-order valence-corrected chi connectivity index (χ4v) is 1.22. The largest absolute Gasteiger partial charge is 0.422 e. The van der Waals surface area contributed by atoms with Crippen LogP contribution < -0.4 is 0 Å². The van der Waals surface area contributed by atoms with E-state index in [1.54, 1.807) is 18.2 Å². The maximum Gasteiger partial charge on any atom is 0.422 e. The Hall–Kier alpha value is -1.32. The molecule has 0 bridgehead atoms. The number of alkyl halides is 3. The van der Waals surface area contributed by atoms with Gasteiger partial charge in [0.05, 0.1) is 0 Å². The first-order chi connectivity index (χ1) is 6.06. The summed E-state index contributed by atoms with van der Waals surface area (Å²) in [7, 11) is 0. The van der Waals surface area contributed by atoms with E-state index in [1.807, 2.05) is 0 Å². The van der Waals surface area contributed by atoms with Crippen LogP contribution in [0.3, 0.4) is 0 Å². The van der Waals surface area contributed by atoms with E-state index < -0.39 is 11.7 Å². The highest BCUT2D eigenvalue weighted by molar-refractivity contribution is 5.87. The van der Waals surface area contributed by atoms with Crippen molar-refractivity contribution >= 4 is 6.21 Å². The maximum absolute atomic E-state index is 12.5. The third kappa shape index (κ3) is 1.13. The van der Waals surface area contributed by atoms with Crippen LogP contribution >= 0.6 is 0 Å². The molecule has 1 aliphatic rings. The first-order valence-corrected chi connectivity index (χ1v) is 3.75. The molecule has 0 aromatic heterocycles. The number of nitrogens with zero attached hydrogens (tertiary/aromatic N) is 1. The molecule has 1 unspecified atom stereocenters. The molecule has 0 radical (unpaired) electrons. The molecule has 0 aliphatic carbocycles. The second-order valence-corrected chi connectivity index (χ2v) is 2.89. The average Bonchev–Trinajstić information content (AvgIpc) is 2.84. The molecule has 1 aliphatic heterocycles. The summed E-state index contributed by atoms with van der Waals surface area (Å²) in [6, 6.07) is 7.69. The van der Waals surface area contributed by atoms with Gasteiger partial charge in [-0.3, -0.25) is 4.99 Å². The SMILES string of the molecule is FC(F)(F)C1(c2ccccc2)C=N1. The number of halogens is 3. The average molecular weight is 185 g/mol. The number of benzene rings is 1. The van der Waals surface area contributed by atoms with Crippen molar-refractivity contribution in [2.24, 2.45) is 4.99 Å². The van der Waals surface area contributed by atoms with Crippen molar-refractivity contribution < 1.29 is 13.2 Å². The van der Waals surface area contributed by atoms with Crippen molar-refractivity contribution in [1.82, 2.24) is 0 Å². The molecule has 1 aromatic rings. The highest BCUT2D eigenvalue weighted by Gasteiger charge is 2.61. The van der Waals surface area contributed by atoms with E-state index in [1.165, 1.54) is 12.1 Å². The molecule has 1 nitrogen and oxygen atoms in total. The Morgan fingerprint density at radius 1 is 1.08 bits per heavy atom. The van der Waals surface area contributed by atoms with E-state index in [4.69, 9.17) is 0 Å². The molecule has 0 saturated heterocycles. The molecule has 2 rings (SSSR count). The molecule has 0 fully saturated rings. The van der Waals surface area contributed by atoms with Crippen molar-refractivity contribution in [3.8, 4) is 0 Å². The fraction of sp³-hybridized carbons (Fsp3) is 0.222. The molecule has 0 spiro atoms. The molecular weight excluding hydrogens is 179 g/mol. The number of hydrogen-bond acceptors (Lipinski definition) is 1. The standard InChI is InChI=1S/C9H6F3N/c10-9(11,12)8(6-13-8)7-4-2-1-3-5-7/h1-6H. The predicted molar refractivity (Wildman–Crippen MR) is 42.7 cm³/mol. The van der Waals surface area contributed by atoms with Gasteiger partial charge >= 0.3 is 6.18 Å². The zero-order valence-electron chi connectivity index (χ0n) is 6.55. The van der Waals surface area contributed by atoms with Crippen molar-refractivity contribution in [3.63, 3.8) is 0 Å². The molecule has 13 heavy (non-hydrogen) atoms. The molecule has 1 atom stereocenters. The van der Waals surface area contributed by atoms with Crippen LogP contribution in [0.15, 0.2) is 35.3 Å². The predicted octanol–water partition coefficient (Wildman–Crippen LogP) is 2.53. The van der Waals surface area contributed by atoms with Gasteiger partial charge in [-0.25, -0.2) is 0 Å². The van der Waals surface area contributed by atoms with Crippen LogP contribution in [0.1, 0.15) is 5.56 Å². The summed E-state index contributed by atoms with van der Waals surface area (Å²) in [5.74, 6) is 0. The summed E-state index contributed by atoms with van der Waals surface area (Å²) in [6.45, 7) is 0. The topological polar surface area (TPSA) is 12.4 Å². The van der Waals surface area contributed by atoms with E-state index >= 15 is 0 Å². The lowest BCUT2D eigenvalue weighted by molar-refractivity contribution is -0.156. The van der Waals surface area contributed by atoms with Gasteiger partial charge in [-0.1, -0.05) is 30.3 Å². The van der Waals surface area contributed by atoms with Crippen molar-refractivity contribution in [2.45, 2.75) is 11.7 Å². The van der Waals surface area contributed by atoms with E-state index in [0.717, 1.165) is 6.21 Å². The monoisotopic (exact) mass is 185 g/mol. The smallest absolute Gasteiger partial charge is 0.267 e. The van der Waals surface area contributed by atoms with Crippen LogP contribution in [0.5, 0.6) is 0 Å². The summed E-state index contributed by atoms with van der Waals surface area (Å²) in [4.78, 5) is 3.33. The highest BCUT2D eigenvalue weighted by Crippen LogP contribution is 2.47. The number of aliphatic imine (C=N–C) groups is 1. The number of hydrogen-bond donors (Lipinski definition) is 0. The van der Waals surface area contributed by atoms with Crippen molar-refractivity contribution in [2.75, 3.05) is 0 Å². The zero-order chi connectivity index (χ0) is 9.53.